The number of hydrogen-bond acceptors (Lipinski definition) is 6. The highest BCUT2D eigenvalue weighted by Crippen LogP contribution is 2.27. The van der Waals surface area contributed by atoms with Crippen LogP contribution in [0.5, 0.6) is 5.75 Å². The van der Waals surface area contributed by atoms with Crippen LogP contribution in [0.25, 0.3) is 0 Å². The number of nitrogens with zero attached hydrogens (tertiary/aromatic N) is 1. The fourth-order valence-corrected chi connectivity index (χ4v) is 1.99. The summed E-state index contributed by atoms with van der Waals surface area (Å²) in [7, 11) is 1.33. The first kappa shape index (κ1) is 14.3. The van der Waals surface area contributed by atoms with Crippen LogP contribution in [0.15, 0.2) is 18.2 Å². The molecule has 1 heterocycles. The summed E-state index contributed by atoms with van der Waals surface area (Å²) in [6.07, 6.45) is 1.74. The van der Waals surface area contributed by atoms with Gasteiger partial charge >= 0.3 is 11.7 Å². The molecule has 0 aromatic heterocycles. The van der Waals surface area contributed by atoms with Crippen molar-refractivity contribution in [1.29, 1.82) is 0 Å². The van der Waals surface area contributed by atoms with E-state index in [0.717, 1.165) is 18.9 Å². The molecule has 1 unspecified atom stereocenters. The number of nitro benzene ring substituents is 1. The number of ether oxygens (including phenoxy) is 3. The maximum atomic E-state index is 11.8. The topological polar surface area (TPSA) is 87.9 Å². The molecule has 1 saturated heterocycles. The molecular formula is C13H15NO6. The Morgan fingerprint density at radius 1 is 1.55 bits per heavy atom. The number of rotatable bonds is 5. The predicted octanol–water partition coefficient (Wildman–Crippen LogP) is 1.94. The predicted molar refractivity (Wildman–Crippen MR) is 68.9 cm³/mol. The third-order valence-electron chi connectivity index (χ3n) is 3.04. The maximum absolute atomic E-state index is 11.8. The summed E-state index contributed by atoms with van der Waals surface area (Å²) in [4.78, 5) is 22.1. The van der Waals surface area contributed by atoms with Crippen molar-refractivity contribution < 1.29 is 23.9 Å². The molecule has 1 aromatic carbocycles. The van der Waals surface area contributed by atoms with Crippen LogP contribution in [0.4, 0.5) is 5.69 Å². The summed E-state index contributed by atoms with van der Waals surface area (Å²) in [5.41, 5.74) is -0.144. The summed E-state index contributed by atoms with van der Waals surface area (Å²) >= 11 is 0. The zero-order valence-electron chi connectivity index (χ0n) is 11.0. The van der Waals surface area contributed by atoms with E-state index < -0.39 is 10.9 Å². The highest BCUT2D eigenvalue weighted by Gasteiger charge is 2.21. The van der Waals surface area contributed by atoms with Crippen LogP contribution < -0.4 is 4.74 Å². The quantitative estimate of drug-likeness (QED) is 0.465. The Labute approximate surface area is 115 Å². The number of carbonyl (C=O) groups is 1. The monoisotopic (exact) mass is 281 g/mol. The number of hydrogen-bond donors (Lipinski definition) is 0. The maximum Gasteiger partial charge on any atom is 0.338 e. The van der Waals surface area contributed by atoms with Crippen molar-refractivity contribution >= 4 is 11.7 Å². The molecule has 2 rings (SSSR count). The van der Waals surface area contributed by atoms with Crippen LogP contribution in [0.1, 0.15) is 23.2 Å². The van der Waals surface area contributed by atoms with Gasteiger partial charge in [-0.15, -0.1) is 0 Å². The molecule has 0 N–H and O–H groups in total. The molecule has 1 aliphatic rings. The summed E-state index contributed by atoms with van der Waals surface area (Å²) in [5, 5.41) is 10.9. The Bertz CT molecular complexity index is 510. The first-order valence-electron chi connectivity index (χ1n) is 6.23. The van der Waals surface area contributed by atoms with Crippen molar-refractivity contribution in [2.24, 2.45) is 0 Å². The molecule has 20 heavy (non-hydrogen) atoms. The molecule has 0 aliphatic carbocycles. The Morgan fingerprint density at radius 3 is 2.95 bits per heavy atom. The molecule has 0 saturated carbocycles. The first-order valence-corrected chi connectivity index (χ1v) is 6.23. The molecule has 0 bridgehead atoms. The van der Waals surface area contributed by atoms with Gasteiger partial charge in [0.25, 0.3) is 0 Å². The summed E-state index contributed by atoms with van der Waals surface area (Å²) < 4.78 is 15.3. The van der Waals surface area contributed by atoms with Gasteiger partial charge in [-0.25, -0.2) is 4.79 Å². The number of esters is 1. The molecule has 1 aliphatic heterocycles. The highest BCUT2D eigenvalue weighted by molar-refractivity contribution is 5.90. The number of benzene rings is 1. The van der Waals surface area contributed by atoms with Gasteiger partial charge < -0.3 is 14.2 Å². The van der Waals surface area contributed by atoms with Crippen LogP contribution in [0.3, 0.4) is 0 Å². The molecule has 0 amide bonds. The minimum atomic E-state index is -0.605. The van der Waals surface area contributed by atoms with Crippen LogP contribution in [0.2, 0.25) is 0 Å². The van der Waals surface area contributed by atoms with E-state index in [2.05, 4.69) is 0 Å². The molecule has 0 spiro atoms. The van der Waals surface area contributed by atoms with Gasteiger partial charge in [0.15, 0.2) is 5.75 Å². The average Bonchev–Trinajstić information content (AvgIpc) is 2.97. The van der Waals surface area contributed by atoms with Gasteiger partial charge in [-0.2, -0.15) is 0 Å². The van der Waals surface area contributed by atoms with E-state index in [0.29, 0.717) is 6.61 Å². The summed E-state index contributed by atoms with van der Waals surface area (Å²) in [5.74, 6) is -0.503. The third-order valence-corrected chi connectivity index (χ3v) is 3.04. The molecule has 1 atom stereocenters. The Kier molecular flexibility index (Phi) is 4.52. The average molecular weight is 281 g/mol. The Morgan fingerprint density at radius 2 is 2.35 bits per heavy atom. The summed E-state index contributed by atoms with van der Waals surface area (Å²) in [6.45, 7) is 0.842. The van der Waals surface area contributed by atoms with E-state index in [1.807, 2.05) is 0 Å². The van der Waals surface area contributed by atoms with Gasteiger partial charge in [-0.05, 0) is 25.0 Å². The van der Waals surface area contributed by atoms with Crippen molar-refractivity contribution in [2.45, 2.75) is 18.9 Å². The molecule has 7 nitrogen and oxygen atoms in total. The first-order chi connectivity index (χ1) is 9.61. The Hall–Kier alpha value is -2.15. The molecule has 1 aromatic rings. The van der Waals surface area contributed by atoms with E-state index in [1.165, 1.54) is 19.2 Å². The highest BCUT2D eigenvalue weighted by atomic mass is 16.6. The standard InChI is InChI=1S/C13H15NO6/c1-18-12-5-4-9(7-11(12)14(16)17)13(15)20-8-10-3-2-6-19-10/h4-5,7,10H,2-3,6,8H2,1H3. The van der Waals surface area contributed by atoms with Crippen LogP contribution in [-0.4, -0.2) is 37.3 Å². The normalized spacial score (nSPS) is 17.8. The van der Waals surface area contributed by atoms with E-state index >= 15 is 0 Å². The smallest absolute Gasteiger partial charge is 0.338 e. The minimum absolute atomic E-state index is 0.0767. The van der Waals surface area contributed by atoms with Gasteiger partial charge in [0.2, 0.25) is 0 Å². The van der Waals surface area contributed by atoms with E-state index in [1.54, 1.807) is 0 Å². The zero-order valence-corrected chi connectivity index (χ0v) is 11.0. The molecule has 108 valence electrons. The van der Waals surface area contributed by atoms with Crippen molar-refractivity contribution in [2.75, 3.05) is 20.3 Å². The van der Waals surface area contributed by atoms with Crippen LogP contribution >= 0.6 is 0 Å². The van der Waals surface area contributed by atoms with Gasteiger partial charge in [0.05, 0.1) is 23.7 Å². The van der Waals surface area contributed by atoms with Gasteiger partial charge in [-0.1, -0.05) is 0 Å². The second-order valence-corrected chi connectivity index (χ2v) is 4.38. The molecular weight excluding hydrogens is 266 g/mol. The lowest BCUT2D eigenvalue weighted by molar-refractivity contribution is -0.385. The van der Waals surface area contributed by atoms with Crippen molar-refractivity contribution in [3.05, 3.63) is 33.9 Å². The second-order valence-electron chi connectivity index (χ2n) is 4.38. The lowest BCUT2D eigenvalue weighted by Crippen LogP contribution is -2.18. The van der Waals surface area contributed by atoms with Crippen LogP contribution in [0, 0.1) is 10.1 Å². The largest absolute Gasteiger partial charge is 0.490 e. The zero-order chi connectivity index (χ0) is 14.5. The fourth-order valence-electron chi connectivity index (χ4n) is 1.99. The molecule has 1 fully saturated rings. The van der Waals surface area contributed by atoms with Crippen molar-refractivity contribution in [1.82, 2.24) is 0 Å². The lowest BCUT2D eigenvalue weighted by Gasteiger charge is -2.10. The molecule has 7 heteroatoms. The summed E-state index contributed by atoms with van der Waals surface area (Å²) in [6, 6.07) is 3.96. The van der Waals surface area contributed by atoms with E-state index in [4.69, 9.17) is 14.2 Å². The number of methoxy groups -OCH3 is 1. The Balaban J connectivity index is 2.05. The number of carbonyl (C=O) groups excluding carboxylic acids is 1. The van der Waals surface area contributed by atoms with Gasteiger partial charge in [0.1, 0.15) is 6.61 Å². The van der Waals surface area contributed by atoms with Gasteiger partial charge in [-0.3, -0.25) is 10.1 Å². The molecule has 0 radical (unpaired) electrons. The SMILES string of the molecule is COc1ccc(C(=O)OCC2CCCO2)cc1[N+](=O)[O-]. The van der Waals surface area contributed by atoms with Crippen molar-refractivity contribution in [3.63, 3.8) is 0 Å². The lowest BCUT2D eigenvalue weighted by atomic mass is 10.2. The second kappa shape index (κ2) is 6.33. The third kappa shape index (κ3) is 3.24. The minimum Gasteiger partial charge on any atom is -0.490 e. The fraction of sp³-hybridized carbons (Fsp3) is 0.462. The van der Waals surface area contributed by atoms with E-state index in [9.17, 15) is 14.9 Å². The number of nitro groups is 1. The van der Waals surface area contributed by atoms with Crippen LogP contribution in [-0.2, 0) is 9.47 Å². The van der Waals surface area contributed by atoms with Crippen molar-refractivity contribution in [3.8, 4) is 5.75 Å². The van der Waals surface area contributed by atoms with Gasteiger partial charge in [0, 0.05) is 12.7 Å². The van der Waals surface area contributed by atoms with E-state index in [-0.39, 0.29) is 29.7 Å².